The summed E-state index contributed by atoms with van der Waals surface area (Å²) in [5.41, 5.74) is 0. The maximum absolute atomic E-state index is 13.1. The first-order valence-corrected chi connectivity index (χ1v) is 27.9. The molecule has 1 amide bonds. The smallest absolute Gasteiger partial charge is 0.394 e. The van der Waals surface area contributed by atoms with Crippen LogP contribution in [0.1, 0.15) is 251 Å². The zero-order valence-corrected chi connectivity index (χ0v) is 41.7. The monoisotopic (exact) mass is 934 g/mol. The summed E-state index contributed by atoms with van der Waals surface area (Å²) in [6.07, 6.45) is 39.2. The first-order chi connectivity index (χ1) is 31.0. The van der Waals surface area contributed by atoms with Crippen molar-refractivity contribution >= 4 is 16.3 Å². The van der Waals surface area contributed by atoms with Gasteiger partial charge in [0.2, 0.25) is 5.91 Å². The van der Waals surface area contributed by atoms with Gasteiger partial charge in [-0.3, -0.25) is 9.35 Å². The topological polar surface area (TPSA) is 192 Å². The Labute approximate surface area is 391 Å². The highest BCUT2D eigenvalue weighted by Gasteiger charge is 2.48. The molecule has 6 N–H and O–H groups in total. The van der Waals surface area contributed by atoms with Crippen LogP contribution in [0.5, 0.6) is 0 Å². The summed E-state index contributed by atoms with van der Waals surface area (Å²) in [7, 11) is -5.08. The van der Waals surface area contributed by atoms with E-state index in [1.807, 2.05) is 0 Å². The van der Waals surface area contributed by atoms with E-state index in [4.69, 9.17) is 9.47 Å². The zero-order chi connectivity index (χ0) is 46.9. The molecule has 13 heteroatoms. The number of aliphatic hydroxyl groups excluding tert-OH is 4. The van der Waals surface area contributed by atoms with Gasteiger partial charge >= 0.3 is 10.4 Å². The molecule has 1 heterocycles. The second-order valence-electron chi connectivity index (χ2n) is 18.8. The minimum absolute atomic E-state index is 0.231. The number of ether oxygens (including phenoxy) is 2. The first-order valence-electron chi connectivity index (χ1n) is 26.6. The van der Waals surface area contributed by atoms with Crippen LogP contribution in [0.4, 0.5) is 0 Å². The third-order valence-corrected chi connectivity index (χ3v) is 13.3. The maximum Gasteiger partial charge on any atom is 0.397 e. The fraction of sp³-hybridized carbons (Fsp3) is 0.941. The lowest BCUT2D eigenvalue weighted by Crippen LogP contribution is -2.61. The Balaban J connectivity index is 2.40. The van der Waals surface area contributed by atoms with Crippen LogP contribution in [-0.4, -0.2) is 95.4 Å². The van der Waals surface area contributed by atoms with Crippen LogP contribution < -0.4 is 5.32 Å². The number of aliphatic hydroxyl groups is 4. The molecule has 1 saturated heterocycles. The largest absolute Gasteiger partial charge is 0.397 e. The van der Waals surface area contributed by atoms with E-state index < -0.39 is 59.9 Å². The molecular weight excluding hydrogens is 835 g/mol. The highest BCUT2D eigenvalue weighted by molar-refractivity contribution is 7.80. The van der Waals surface area contributed by atoms with E-state index in [0.717, 1.165) is 51.4 Å². The molecule has 7 atom stereocenters. The molecule has 0 radical (unpaired) electrons. The van der Waals surface area contributed by atoms with Crippen molar-refractivity contribution in [2.45, 2.75) is 294 Å². The number of carbonyl (C=O) groups excluding carboxylic acids is 1. The van der Waals surface area contributed by atoms with E-state index in [1.165, 1.54) is 167 Å². The third-order valence-electron chi connectivity index (χ3n) is 12.8. The lowest BCUT2D eigenvalue weighted by Gasteiger charge is -2.41. The molecule has 0 spiro atoms. The quantitative estimate of drug-likeness (QED) is 0.0193. The van der Waals surface area contributed by atoms with Crippen molar-refractivity contribution in [3.63, 3.8) is 0 Å². The predicted molar refractivity (Wildman–Crippen MR) is 259 cm³/mol. The van der Waals surface area contributed by atoms with Gasteiger partial charge in [-0.15, -0.1) is 0 Å². The Bertz CT molecular complexity index is 1190. The molecular formula is C51H99NO11S. The molecule has 0 aromatic carbocycles. The molecule has 1 rings (SSSR count). The van der Waals surface area contributed by atoms with E-state index in [2.05, 4.69) is 35.5 Å². The van der Waals surface area contributed by atoms with E-state index in [9.17, 15) is 38.2 Å². The Morgan fingerprint density at radius 2 is 1.00 bits per heavy atom. The van der Waals surface area contributed by atoms with E-state index in [-0.39, 0.29) is 18.9 Å². The summed E-state index contributed by atoms with van der Waals surface area (Å²) in [6, 6.07) is -0.857. The number of hydrogen-bond donors (Lipinski definition) is 6. The van der Waals surface area contributed by atoms with Crippen LogP contribution in [0.15, 0.2) is 12.2 Å². The van der Waals surface area contributed by atoms with Gasteiger partial charge in [0.25, 0.3) is 0 Å². The molecule has 380 valence electrons. The molecule has 0 bridgehead atoms. The molecule has 0 saturated carbocycles. The van der Waals surface area contributed by atoms with E-state index in [0.29, 0.717) is 12.8 Å². The normalized spacial score (nSPS) is 20.3. The summed E-state index contributed by atoms with van der Waals surface area (Å²) < 4.78 is 47.8. The Kier molecular flexibility index (Phi) is 39.9. The first kappa shape index (κ1) is 60.9. The summed E-state index contributed by atoms with van der Waals surface area (Å²) >= 11 is 0. The number of nitrogens with one attached hydrogen (secondary N) is 1. The molecule has 12 nitrogen and oxygen atoms in total. The average molecular weight is 934 g/mol. The third kappa shape index (κ3) is 34.2. The van der Waals surface area contributed by atoms with Crippen molar-refractivity contribution in [1.29, 1.82) is 0 Å². The van der Waals surface area contributed by atoms with Gasteiger partial charge in [0.15, 0.2) is 6.29 Å². The molecule has 7 unspecified atom stereocenters. The standard InChI is InChI=1S/C51H99NO11S/c1-3-5-7-9-11-13-15-17-19-21-22-23-24-25-27-29-31-33-35-37-39-41-47(55)52-44(43-61-51-49(57)50(63-64(58,59)60)48(56)46(42-53)62-51)45(54)40-38-36-34-32-30-28-26-20-18-16-14-12-10-8-6-4-2/h23-24,44-46,48-51,53-54,56-57H,3-22,25-43H2,1-2H3,(H,52,55)(H,58,59,60)/b24-23-. The number of rotatable bonds is 46. The summed E-state index contributed by atoms with van der Waals surface area (Å²) in [6.45, 7) is 3.47. The Hall–Kier alpha value is -1.16. The van der Waals surface area contributed by atoms with Crippen LogP contribution in [0.25, 0.3) is 0 Å². The Morgan fingerprint density at radius 1 is 0.609 bits per heavy atom. The van der Waals surface area contributed by atoms with Crippen LogP contribution >= 0.6 is 0 Å². The van der Waals surface area contributed by atoms with E-state index in [1.54, 1.807) is 0 Å². The number of amides is 1. The lowest BCUT2D eigenvalue weighted by molar-refractivity contribution is -0.298. The van der Waals surface area contributed by atoms with Crippen LogP contribution in [-0.2, 0) is 28.9 Å². The molecule has 0 aliphatic carbocycles. The molecule has 1 aliphatic heterocycles. The van der Waals surface area contributed by atoms with Crippen molar-refractivity contribution in [2.24, 2.45) is 0 Å². The molecule has 1 aliphatic rings. The predicted octanol–water partition coefficient (Wildman–Crippen LogP) is 11.5. The van der Waals surface area contributed by atoms with Crippen LogP contribution in [0.3, 0.4) is 0 Å². The van der Waals surface area contributed by atoms with Crippen molar-refractivity contribution in [1.82, 2.24) is 5.32 Å². The summed E-state index contributed by atoms with van der Waals surface area (Å²) in [4.78, 5) is 13.1. The number of unbranched alkanes of at least 4 members (excludes halogenated alkanes) is 32. The van der Waals surface area contributed by atoms with Gasteiger partial charge < -0.3 is 35.2 Å². The Morgan fingerprint density at radius 3 is 1.41 bits per heavy atom. The summed E-state index contributed by atoms with van der Waals surface area (Å²) in [5, 5.41) is 45.0. The average Bonchev–Trinajstić information content (AvgIpc) is 3.27. The van der Waals surface area contributed by atoms with Gasteiger partial charge in [-0.05, 0) is 38.5 Å². The lowest BCUT2D eigenvalue weighted by atomic mass is 9.99. The minimum atomic E-state index is -5.08. The van der Waals surface area contributed by atoms with Crippen molar-refractivity contribution in [3.8, 4) is 0 Å². The molecule has 0 aromatic heterocycles. The van der Waals surface area contributed by atoms with Gasteiger partial charge in [-0.25, -0.2) is 4.18 Å². The van der Waals surface area contributed by atoms with Gasteiger partial charge in [-0.2, -0.15) is 8.42 Å². The SMILES string of the molecule is CCCCCCCCCCCC/C=C\CCCCCCCCCC(=O)NC(COC1OC(CO)C(O)C(OS(=O)(=O)O)C1O)C(O)CCCCCCCCCCCCCCCCCC. The molecule has 64 heavy (non-hydrogen) atoms. The van der Waals surface area contributed by atoms with Gasteiger partial charge in [0.05, 0.1) is 25.4 Å². The highest BCUT2D eigenvalue weighted by Crippen LogP contribution is 2.26. The fourth-order valence-corrected chi connectivity index (χ4v) is 9.20. The molecule has 0 aromatic rings. The van der Waals surface area contributed by atoms with Gasteiger partial charge in [0, 0.05) is 6.42 Å². The van der Waals surface area contributed by atoms with Crippen LogP contribution in [0, 0.1) is 0 Å². The van der Waals surface area contributed by atoms with Crippen molar-refractivity contribution in [2.75, 3.05) is 13.2 Å². The van der Waals surface area contributed by atoms with Gasteiger partial charge in [-0.1, -0.05) is 219 Å². The highest BCUT2D eigenvalue weighted by atomic mass is 32.3. The molecule has 1 fully saturated rings. The van der Waals surface area contributed by atoms with Crippen molar-refractivity contribution in [3.05, 3.63) is 12.2 Å². The maximum atomic E-state index is 13.1. The van der Waals surface area contributed by atoms with Crippen LogP contribution in [0.2, 0.25) is 0 Å². The second kappa shape index (κ2) is 42.0. The minimum Gasteiger partial charge on any atom is -0.394 e. The summed E-state index contributed by atoms with van der Waals surface area (Å²) in [5.74, 6) is -0.231. The number of hydrogen-bond acceptors (Lipinski definition) is 10. The number of carbonyl (C=O) groups is 1. The van der Waals surface area contributed by atoms with Gasteiger partial charge in [0.1, 0.15) is 24.4 Å². The van der Waals surface area contributed by atoms with Crippen molar-refractivity contribution < 1.29 is 51.8 Å². The zero-order valence-electron chi connectivity index (χ0n) is 40.9. The second-order valence-corrected chi connectivity index (χ2v) is 19.9. The van der Waals surface area contributed by atoms with E-state index >= 15 is 0 Å². The number of allylic oxidation sites excluding steroid dienone is 2. The fourth-order valence-electron chi connectivity index (χ4n) is 8.69.